The van der Waals surface area contributed by atoms with Crippen molar-refractivity contribution < 1.29 is 0 Å². The molecule has 2 heterocycles. The second-order valence-electron chi connectivity index (χ2n) is 5.11. The summed E-state index contributed by atoms with van der Waals surface area (Å²) in [6, 6.07) is 4.50. The van der Waals surface area contributed by atoms with Crippen molar-refractivity contribution in [2.24, 2.45) is 0 Å². The average Bonchev–Trinajstić information content (AvgIpc) is 2.75. The molecular formula is C16H24N4. The Labute approximate surface area is 121 Å². The van der Waals surface area contributed by atoms with E-state index in [2.05, 4.69) is 55.2 Å². The molecule has 2 rings (SSSR count). The summed E-state index contributed by atoms with van der Waals surface area (Å²) >= 11 is 0. The topological polar surface area (TPSA) is 42.7 Å². The summed E-state index contributed by atoms with van der Waals surface area (Å²) in [5.74, 6) is 0. The van der Waals surface area contributed by atoms with Crippen LogP contribution in [0.2, 0.25) is 0 Å². The van der Waals surface area contributed by atoms with Gasteiger partial charge in [0.05, 0.1) is 23.3 Å². The highest BCUT2D eigenvalue weighted by atomic mass is 15.3. The quantitative estimate of drug-likeness (QED) is 0.909. The van der Waals surface area contributed by atoms with Crippen LogP contribution < -0.4 is 5.32 Å². The number of nitrogens with one attached hydrogen (secondary N) is 1. The lowest BCUT2D eigenvalue weighted by molar-refractivity contribution is 0.561. The fourth-order valence-corrected chi connectivity index (χ4v) is 2.73. The summed E-state index contributed by atoms with van der Waals surface area (Å²) in [5.41, 5.74) is 5.75. The van der Waals surface area contributed by atoms with Gasteiger partial charge in [-0.05, 0) is 51.4 Å². The van der Waals surface area contributed by atoms with Gasteiger partial charge in [-0.25, -0.2) is 4.68 Å². The van der Waals surface area contributed by atoms with E-state index in [0.29, 0.717) is 6.04 Å². The second-order valence-corrected chi connectivity index (χ2v) is 5.11. The first-order valence-electron chi connectivity index (χ1n) is 7.31. The van der Waals surface area contributed by atoms with Crippen molar-refractivity contribution in [3.05, 3.63) is 41.0 Å². The Balaban J connectivity index is 2.35. The number of aryl methyl sites for hydroxylation is 1. The molecule has 0 saturated heterocycles. The fraction of sp³-hybridized carbons (Fsp3) is 0.500. The molecule has 4 nitrogen and oxygen atoms in total. The van der Waals surface area contributed by atoms with Crippen LogP contribution in [-0.2, 0) is 6.42 Å². The number of rotatable bonds is 5. The Bertz CT molecular complexity index is 565. The van der Waals surface area contributed by atoms with E-state index < -0.39 is 0 Å². The van der Waals surface area contributed by atoms with Crippen molar-refractivity contribution in [3.63, 3.8) is 0 Å². The van der Waals surface area contributed by atoms with Gasteiger partial charge >= 0.3 is 0 Å². The summed E-state index contributed by atoms with van der Waals surface area (Å²) in [7, 11) is 1.97. The maximum absolute atomic E-state index is 4.63. The highest BCUT2D eigenvalue weighted by Gasteiger charge is 2.12. The Morgan fingerprint density at radius 2 is 2.00 bits per heavy atom. The minimum Gasteiger partial charge on any atom is -0.312 e. The zero-order valence-electron chi connectivity index (χ0n) is 13.1. The van der Waals surface area contributed by atoms with Crippen LogP contribution in [0.5, 0.6) is 0 Å². The standard InChI is InChI=1S/C16H24N4/c1-6-14-11(3)19-20(12(14)4)13-8-9-16(18-10-13)15(7-2)17-5/h8-10,15,17H,6-7H2,1-5H3. The zero-order valence-corrected chi connectivity index (χ0v) is 13.1. The minimum atomic E-state index is 0.315. The van der Waals surface area contributed by atoms with E-state index >= 15 is 0 Å². The molecule has 1 atom stereocenters. The van der Waals surface area contributed by atoms with Crippen molar-refractivity contribution in [2.45, 2.75) is 46.6 Å². The molecule has 0 aliphatic heterocycles. The third kappa shape index (κ3) is 2.61. The Hall–Kier alpha value is -1.68. The van der Waals surface area contributed by atoms with E-state index in [4.69, 9.17) is 0 Å². The van der Waals surface area contributed by atoms with Crippen molar-refractivity contribution in [3.8, 4) is 5.69 Å². The smallest absolute Gasteiger partial charge is 0.0832 e. The van der Waals surface area contributed by atoms with Crippen LogP contribution in [0.25, 0.3) is 5.69 Å². The van der Waals surface area contributed by atoms with Gasteiger partial charge in [0.15, 0.2) is 0 Å². The summed E-state index contributed by atoms with van der Waals surface area (Å²) in [6.07, 6.45) is 3.96. The van der Waals surface area contributed by atoms with Crippen molar-refractivity contribution in [1.29, 1.82) is 0 Å². The molecule has 0 radical (unpaired) electrons. The number of pyridine rings is 1. The first kappa shape index (κ1) is 14.7. The fourth-order valence-electron chi connectivity index (χ4n) is 2.73. The number of hydrogen-bond acceptors (Lipinski definition) is 3. The molecule has 0 aromatic carbocycles. The Kier molecular flexibility index (Phi) is 4.55. The highest BCUT2D eigenvalue weighted by molar-refractivity contribution is 5.36. The summed E-state index contributed by atoms with van der Waals surface area (Å²) < 4.78 is 1.99. The van der Waals surface area contributed by atoms with E-state index in [-0.39, 0.29) is 0 Å². The molecule has 4 heteroatoms. The maximum Gasteiger partial charge on any atom is 0.0832 e. The molecule has 0 aliphatic rings. The molecule has 0 spiro atoms. The lowest BCUT2D eigenvalue weighted by Crippen LogP contribution is -2.16. The monoisotopic (exact) mass is 272 g/mol. The van der Waals surface area contributed by atoms with Crippen LogP contribution >= 0.6 is 0 Å². The summed E-state index contributed by atoms with van der Waals surface area (Å²) in [4.78, 5) is 4.58. The third-order valence-corrected chi connectivity index (χ3v) is 3.92. The number of nitrogens with zero attached hydrogens (tertiary/aromatic N) is 3. The molecule has 0 saturated carbocycles. The molecule has 0 aliphatic carbocycles. The van der Waals surface area contributed by atoms with E-state index in [1.165, 1.54) is 11.3 Å². The second kappa shape index (κ2) is 6.18. The Morgan fingerprint density at radius 1 is 1.25 bits per heavy atom. The minimum absolute atomic E-state index is 0.315. The lowest BCUT2D eigenvalue weighted by atomic mass is 10.1. The molecule has 1 unspecified atom stereocenters. The third-order valence-electron chi connectivity index (χ3n) is 3.92. The van der Waals surface area contributed by atoms with Gasteiger partial charge in [0.2, 0.25) is 0 Å². The highest BCUT2D eigenvalue weighted by Crippen LogP contribution is 2.19. The van der Waals surface area contributed by atoms with E-state index in [1.54, 1.807) is 0 Å². The summed E-state index contributed by atoms with van der Waals surface area (Å²) in [6.45, 7) is 8.51. The van der Waals surface area contributed by atoms with Gasteiger partial charge in [0.1, 0.15) is 0 Å². The van der Waals surface area contributed by atoms with Gasteiger partial charge in [-0.2, -0.15) is 5.10 Å². The van der Waals surface area contributed by atoms with E-state index in [9.17, 15) is 0 Å². The van der Waals surface area contributed by atoms with Gasteiger partial charge in [-0.3, -0.25) is 4.98 Å². The first-order chi connectivity index (χ1) is 9.62. The molecular weight excluding hydrogens is 248 g/mol. The summed E-state index contributed by atoms with van der Waals surface area (Å²) in [5, 5.41) is 7.90. The normalized spacial score (nSPS) is 12.7. The van der Waals surface area contributed by atoms with Gasteiger partial charge in [0.25, 0.3) is 0 Å². The molecule has 20 heavy (non-hydrogen) atoms. The largest absolute Gasteiger partial charge is 0.312 e. The van der Waals surface area contributed by atoms with Crippen LogP contribution in [0.4, 0.5) is 0 Å². The van der Waals surface area contributed by atoms with E-state index in [1.807, 2.05) is 17.9 Å². The molecule has 2 aromatic rings. The number of hydrogen-bond donors (Lipinski definition) is 1. The Morgan fingerprint density at radius 3 is 2.45 bits per heavy atom. The van der Waals surface area contributed by atoms with E-state index in [0.717, 1.165) is 29.9 Å². The van der Waals surface area contributed by atoms with Gasteiger partial charge in [-0.15, -0.1) is 0 Å². The predicted octanol–water partition coefficient (Wildman–Crippen LogP) is 3.12. The van der Waals surface area contributed by atoms with Gasteiger partial charge in [0, 0.05) is 11.7 Å². The molecule has 1 N–H and O–H groups in total. The van der Waals surface area contributed by atoms with Crippen molar-refractivity contribution >= 4 is 0 Å². The molecule has 0 bridgehead atoms. The van der Waals surface area contributed by atoms with Crippen molar-refractivity contribution in [1.82, 2.24) is 20.1 Å². The molecule has 0 fully saturated rings. The SMILES string of the molecule is CCc1c(C)nn(-c2ccc(C(CC)NC)nc2)c1C. The van der Waals surface area contributed by atoms with Crippen LogP contribution in [-0.4, -0.2) is 21.8 Å². The van der Waals surface area contributed by atoms with Gasteiger partial charge in [-0.1, -0.05) is 13.8 Å². The average molecular weight is 272 g/mol. The molecule has 2 aromatic heterocycles. The van der Waals surface area contributed by atoms with Crippen LogP contribution in [0.3, 0.4) is 0 Å². The van der Waals surface area contributed by atoms with Crippen molar-refractivity contribution in [2.75, 3.05) is 7.05 Å². The lowest BCUT2D eigenvalue weighted by Gasteiger charge is -2.13. The zero-order chi connectivity index (χ0) is 14.7. The molecule has 108 valence electrons. The predicted molar refractivity (Wildman–Crippen MR) is 82.3 cm³/mol. The van der Waals surface area contributed by atoms with Crippen LogP contribution in [0.15, 0.2) is 18.3 Å². The first-order valence-corrected chi connectivity index (χ1v) is 7.31. The van der Waals surface area contributed by atoms with Crippen LogP contribution in [0.1, 0.15) is 49.0 Å². The molecule has 0 amide bonds. The van der Waals surface area contributed by atoms with Crippen LogP contribution in [0, 0.1) is 13.8 Å². The van der Waals surface area contributed by atoms with Gasteiger partial charge < -0.3 is 5.32 Å². The maximum atomic E-state index is 4.63. The number of aromatic nitrogens is 3.